The molecule has 0 radical (unpaired) electrons. The number of allylic oxidation sites excluding steroid dienone is 1. The Bertz CT molecular complexity index is 626. The van der Waals surface area contributed by atoms with E-state index >= 15 is 0 Å². The SMILES string of the molecule is C=CCn1c(C2CC2)nc(-c2ccccc2Br)c1N. The fourth-order valence-corrected chi connectivity index (χ4v) is 2.78. The second-order valence-corrected chi connectivity index (χ2v) is 5.71. The van der Waals surface area contributed by atoms with Gasteiger partial charge in [-0.1, -0.05) is 40.2 Å². The summed E-state index contributed by atoms with van der Waals surface area (Å²) in [5, 5.41) is 0. The zero-order valence-electron chi connectivity index (χ0n) is 10.6. The molecule has 0 saturated heterocycles. The number of hydrogen-bond acceptors (Lipinski definition) is 2. The molecule has 3 rings (SSSR count). The van der Waals surface area contributed by atoms with Gasteiger partial charge in [0.1, 0.15) is 17.3 Å². The van der Waals surface area contributed by atoms with Gasteiger partial charge in [-0.25, -0.2) is 4.98 Å². The minimum Gasteiger partial charge on any atom is -0.383 e. The number of rotatable bonds is 4. The van der Waals surface area contributed by atoms with Crippen LogP contribution in [0.3, 0.4) is 0 Å². The fourth-order valence-electron chi connectivity index (χ4n) is 2.31. The van der Waals surface area contributed by atoms with Crippen molar-refractivity contribution in [2.45, 2.75) is 25.3 Å². The van der Waals surface area contributed by atoms with Crippen LogP contribution < -0.4 is 5.73 Å². The molecule has 1 heterocycles. The molecule has 4 heteroatoms. The van der Waals surface area contributed by atoms with Crippen LogP contribution in [-0.2, 0) is 6.54 Å². The van der Waals surface area contributed by atoms with E-state index in [0.29, 0.717) is 5.92 Å². The van der Waals surface area contributed by atoms with Crippen LogP contribution in [0.4, 0.5) is 5.82 Å². The number of nitrogens with two attached hydrogens (primary N) is 1. The summed E-state index contributed by atoms with van der Waals surface area (Å²) in [6.45, 7) is 4.52. The molecule has 0 spiro atoms. The number of aromatic nitrogens is 2. The number of nitrogens with zero attached hydrogens (tertiary/aromatic N) is 2. The Labute approximate surface area is 121 Å². The lowest BCUT2D eigenvalue weighted by atomic mass is 10.1. The Morgan fingerprint density at radius 3 is 2.79 bits per heavy atom. The van der Waals surface area contributed by atoms with Crippen LogP contribution in [0.1, 0.15) is 24.6 Å². The highest BCUT2D eigenvalue weighted by molar-refractivity contribution is 9.10. The van der Waals surface area contributed by atoms with Crippen molar-refractivity contribution < 1.29 is 0 Å². The van der Waals surface area contributed by atoms with E-state index in [1.54, 1.807) is 0 Å². The summed E-state index contributed by atoms with van der Waals surface area (Å²) in [6, 6.07) is 8.05. The number of nitrogen functional groups attached to an aromatic ring is 1. The van der Waals surface area contributed by atoms with E-state index in [1.807, 2.05) is 30.3 Å². The highest BCUT2D eigenvalue weighted by atomic mass is 79.9. The molecule has 0 amide bonds. The molecule has 0 bridgehead atoms. The summed E-state index contributed by atoms with van der Waals surface area (Å²) < 4.78 is 3.10. The molecule has 1 saturated carbocycles. The van der Waals surface area contributed by atoms with Gasteiger partial charge in [0.15, 0.2) is 0 Å². The van der Waals surface area contributed by atoms with Crippen molar-refractivity contribution in [1.29, 1.82) is 0 Å². The van der Waals surface area contributed by atoms with Gasteiger partial charge in [-0.3, -0.25) is 0 Å². The number of benzene rings is 1. The van der Waals surface area contributed by atoms with E-state index in [9.17, 15) is 0 Å². The van der Waals surface area contributed by atoms with Gasteiger partial charge in [-0.2, -0.15) is 0 Å². The first-order chi connectivity index (χ1) is 9.22. The molecule has 1 aliphatic rings. The Morgan fingerprint density at radius 1 is 1.42 bits per heavy atom. The Hall–Kier alpha value is -1.55. The van der Waals surface area contributed by atoms with E-state index in [1.165, 1.54) is 12.8 Å². The van der Waals surface area contributed by atoms with Gasteiger partial charge in [0, 0.05) is 22.5 Å². The summed E-state index contributed by atoms with van der Waals surface area (Å²) in [4.78, 5) is 4.78. The van der Waals surface area contributed by atoms with Crippen molar-refractivity contribution in [3.05, 3.63) is 47.2 Å². The van der Waals surface area contributed by atoms with Crippen molar-refractivity contribution in [2.24, 2.45) is 0 Å². The number of anilines is 1. The smallest absolute Gasteiger partial charge is 0.132 e. The van der Waals surface area contributed by atoms with Crippen molar-refractivity contribution >= 4 is 21.7 Å². The summed E-state index contributed by atoms with van der Waals surface area (Å²) >= 11 is 3.57. The molecular weight excluding hydrogens is 302 g/mol. The van der Waals surface area contributed by atoms with E-state index in [0.717, 1.165) is 33.9 Å². The molecule has 1 aromatic carbocycles. The highest BCUT2D eigenvalue weighted by Gasteiger charge is 2.30. The van der Waals surface area contributed by atoms with Crippen LogP contribution >= 0.6 is 15.9 Å². The number of imidazole rings is 1. The molecule has 1 aliphatic carbocycles. The lowest BCUT2D eigenvalue weighted by Crippen LogP contribution is -2.05. The lowest BCUT2D eigenvalue weighted by Gasteiger charge is -2.06. The molecule has 2 aromatic rings. The van der Waals surface area contributed by atoms with Crippen LogP contribution in [0.2, 0.25) is 0 Å². The summed E-state index contributed by atoms with van der Waals surface area (Å²) in [6.07, 6.45) is 4.29. The molecule has 2 N–H and O–H groups in total. The maximum absolute atomic E-state index is 6.29. The molecule has 0 aliphatic heterocycles. The van der Waals surface area contributed by atoms with Crippen LogP contribution in [0, 0.1) is 0 Å². The first-order valence-corrected chi connectivity index (χ1v) is 7.23. The second kappa shape index (κ2) is 4.85. The van der Waals surface area contributed by atoms with Crippen LogP contribution in [0.5, 0.6) is 0 Å². The number of halogens is 1. The zero-order valence-corrected chi connectivity index (χ0v) is 12.2. The van der Waals surface area contributed by atoms with Crippen LogP contribution in [0.25, 0.3) is 11.3 Å². The maximum atomic E-state index is 6.29. The van der Waals surface area contributed by atoms with E-state index in [-0.39, 0.29) is 0 Å². The van der Waals surface area contributed by atoms with Gasteiger partial charge < -0.3 is 10.3 Å². The first-order valence-electron chi connectivity index (χ1n) is 6.44. The lowest BCUT2D eigenvalue weighted by molar-refractivity contribution is 0.750. The maximum Gasteiger partial charge on any atom is 0.132 e. The molecule has 19 heavy (non-hydrogen) atoms. The van der Waals surface area contributed by atoms with Crippen molar-refractivity contribution in [3.8, 4) is 11.3 Å². The normalized spacial score (nSPS) is 14.6. The van der Waals surface area contributed by atoms with Gasteiger partial charge in [-0.15, -0.1) is 6.58 Å². The number of hydrogen-bond donors (Lipinski definition) is 1. The minimum atomic E-state index is 0.568. The van der Waals surface area contributed by atoms with Gasteiger partial charge in [0.2, 0.25) is 0 Å². The third-order valence-electron chi connectivity index (χ3n) is 3.42. The van der Waals surface area contributed by atoms with E-state index in [4.69, 9.17) is 10.7 Å². The molecule has 1 aromatic heterocycles. The molecule has 0 atom stereocenters. The van der Waals surface area contributed by atoms with E-state index < -0.39 is 0 Å². The molecule has 3 nitrogen and oxygen atoms in total. The predicted octanol–water partition coefficient (Wildman–Crippen LogP) is 3.96. The molecule has 0 unspecified atom stereocenters. The van der Waals surface area contributed by atoms with Crippen molar-refractivity contribution in [3.63, 3.8) is 0 Å². The Morgan fingerprint density at radius 2 is 2.16 bits per heavy atom. The third-order valence-corrected chi connectivity index (χ3v) is 4.11. The Balaban J connectivity index is 2.14. The van der Waals surface area contributed by atoms with Gasteiger partial charge in [-0.05, 0) is 18.9 Å². The topological polar surface area (TPSA) is 43.8 Å². The Kier molecular flexibility index (Phi) is 3.19. The molecule has 98 valence electrons. The van der Waals surface area contributed by atoms with Crippen molar-refractivity contribution in [1.82, 2.24) is 9.55 Å². The monoisotopic (exact) mass is 317 g/mol. The zero-order chi connectivity index (χ0) is 13.4. The van der Waals surface area contributed by atoms with Crippen LogP contribution in [0.15, 0.2) is 41.4 Å². The quantitative estimate of drug-likeness (QED) is 0.867. The van der Waals surface area contributed by atoms with E-state index in [2.05, 4.69) is 27.1 Å². The minimum absolute atomic E-state index is 0.568. The highest BCUT2D eigenvalue weighted by Crippen LogP contribution is 2.43. The average Bonchev–Trinajstić information content (AvgIpc) is 3.19. The van der Waals surface area contributed by atoms with Gasteiger partial charge >= 0.3 is 0 Å². The summed E-state index contributed by atoms with van der Waals surface area (Å²) in [5.41, 5.74) is 8.21. The van der Waals surface area contributed by atoms with Crippen LogP contribution in [-0.4, -0.2) is 9.55 Å². The summed E-state index contributed by atoms with van der Waals surface area (Å²) in [5.74, 6) is 2.40. The molecular formula is C15H16BrN3. The molecule has 1 fully saturated rings. The van der Waals surface area contributed by atoms with Crippen molar-refractivity contribution in [2.75, 3.05) is 5.73 Å². The third kappa shape index (κ3) is 2.21. The fraction of sp³-hybridized carbons (Fsp3) is 0.267. The van der Waals surface area contributed by atoms with Gasteiger partial charge in [0.05, 0.1) is 0 Å². The van der Waals surface area contributed by atoms with Gasteiger partial charge in [0.25, 0.3) is 0 Å². The second-order valence-electron chi connectivity index (χ2n) is 4.86. The standard InChI is InChI=1S/C15H16BrN3/c1-2-9-19-14(17)13(18-15(19)10-7-8-10)11-5-3-4-6-12(11)16/h2-6,10H,1,7-9,17H2. The first kappa shape index (κ1) is 12.5. The predicted molar refractivity (Wildman–Crippen MR) is 81.9 cm³/mol. The largest absolute Gasteiger partial charge is 0.383 e. The average molecular weight is 318 g/mol. The summed E-state index contributed by atoms with van der Waals surface area (Å²) in [7, 11) is 0.